The Morgan fingerprint density at radius 3 is 2.75 bits per heavy atom. The minimum Gasteiger partial charge on any atom is -0.480 e. The van der Waals surface area contributed by atoms with Gasteiger partial charge in [-0.3, -0.25) is 14.7 Å². The van der Waals surface area contributed by atoms with Gasteiger partial charge in [0.05, 0.1) is 6.54 Å². The molecule has 0 aliphatic heterocycles. The molecule has 7 heteroatoms. The number of nitrogens with zero attached hydrogens (tertiary/aromatic N) is 2. The van der Waals surface area contributed by atoms with E-state index in [2.05, 4.69) is 20.5 Å². The number of urea groups is 1. The molecule has 0 unspecified atom stereocenters. The Morgan fingerprint density at radius 1 is 1.38 bits per heavy atom. The minimum absolute atomic E-state index is 0.0935. The maximum atomic E-state index is 12.1. The number of aryl methyl sites for hydroxylation is 1. The van der Waals surface area contributed by atoms with Crippen molar-refractivity contribution in [3.05, 3.63) is 24.0 Å². The Hall–Kier alpha value is -2.15. The molecule has 2 saturated carbocycles. The van der Waals surface area contributed by atoms with E-state index in [9.17, 15) is 9.59 Å². The van der Waals surface area contributed by atoms with E-state index in [0.29, 0.717) is 5.92 Å². The molecule has 3 N–H and O–H groups in total. The van der Waals surface area contributed by atoms with Gasteiger partial charge in [-0.25, -0.2) is 4.79 Å². The summed E-state index contributed by atoms with van der Waals surface area (Å²) in [7, 11) is 0. The molecule has 1 heterocycles. The number of amides is 2. The number of aromatic nitrogens is 1. The number of pyridine rings is 1. The topological polar surface area (TPSA) is 94.6 Å². The molecule has 0 spiro atoms. The molecule has 2 aliphatic carbocycles. The first-order chi connectivity index (χ1) is 11.5. The van der Waals surface area contributed by atoms with Gasteiger partial charge in [0.15, 0.2) is 0 Å². The number of aliphatic carboxylic acids is 1. The molecule has 0 radical (unpaired) electrons. The Balaban J connectivity index is 1.44. The van der Waals surface area contributed by atoms with Gasteiger partial charge >= 0.3 is 12.0 Å². The van der Waals surface area contributed by atoms with Gasteiger partial charge in [-0.15, -0.1) is 0 Å². The number of nitrogens with one attached hydrogen (secondary N) is 2. The second-order valence-electron chi connectivity index (χ2n) is 6.88. The first kappa shape index (κ1) is 16.7. The summed E-state index contributed by atoms with van der Waals surface area (Å²) < 4.78 is 0. The van der Waals surface area contributed by atoms with Crippen LogP contribution in [0, 0.1) is 12.8 Å². The van der Waals surface area contributed by atoms with Crippen LogP contribution >= 0.6 is 0 Å². The highest BCUT2D eigenvalue weighted by Crippen LogP contribution is 2.33. The second kappa shape index (κ2) is 7.17. The Morgan fingerprint density at radius 2 is 2.12 bits per heavy atom. The number of rotatable bonds is 7. The average molecular weight is 332 g/mol. The van der Waals surface area contributed by atoms with E-state index in [0.717, 1.165) is 30.6 Å². The van der Waals surface area contributed by atoms with E-state index >= 15 is 0 Å². The standard InChI is InChI=1S/C17H24N4O3/c1-11-8-18-5-4-15(11)20-17(24)19-13-6-14(7-13)21(10-16(22)23)9-12-2-3-12/h4-5,8,12-14H,2-3,6-7,9-10H2,1H3,(H,22,23)(H2,18,19,20,24). The van der Waals surface area contributed by atoms with E-state index < -0.39 is 5.97 Å². The number of anilines is 1. The van der Waals surface area contributed by atoms with Gasteiger partial charge in [-0.05, 0) is 50.2 Å². The zero-order valence-electron chi connectivity index (χ0n) is 13.9. The van der Waals surface area contributed by atoms with Crippen LogP contribution in [0.1, 0.15) is 31.2 Å². The van der Waals surface area contributed by atoms with Crippen LogP contribution < -0.4 is 10.6 Å². The largest absolute Gasteiger partial charge is 0.480 e. The van der Waals surface area contributed by atoms with Gasteiger partial charge in [0.1, 0.15) is 0 Å². The fourth-order valence-corrected chi connectivity index (χ4v) is 3.11. The highest BCUT2D eigenvalue weighted by Gasteiger charge is 2.37. The summed E-state index contributed by atoms with van der Waals surface area (Å²) in [6.07, 6.45) is 7.38. The van der Waals surface area contributed by atoms with Crippen molar-refractivity contribution < 1.29 is 14.7 Å². The molecule has 0 bridgehead atoms. The third-order valence-electron chi connectivity index (χ3n) is 4.76. The van der Waals surface area contributed by atoms with E-state index in [1.165, 1.54) is 12.8 Å². The van der Waals surface area contributed by atoms with Crippen LogP contribution in [0.25, 0.3) is 0 Å². The lowest BCUT2D eigenvalue weighted by Crippen LogP contribution is -2.55. The summed E-state index contributed by atoms with van der Waals surface area (Å²) in [5.74, 6) is -0.118. The number of carboxylic acids is 1. The fourth-order valence-electron chi connectivity index (χ4n) is 3.11. The van der Waals surface area contributed by atoms with Crippen molar-refractivity contribution in [1.82, 2.24) is 15.2 Å². The summed E-state index contributed by atoms with van der Waals surface area (Å²) >= 11 is 0. The molecule has 0 aromatic carbocycles. The Bertz CT molecular complexity index is 612. The van der Waals surface area contributed by atoms with Crippen LogP contribution in [-0.4, -0.2) is 52.2 Å². The first-order valence-corrected chi connectivity index (χ1v) is 8.45. The quantitative estimate of drug-likeness (QED) is 0.708. The second-order valence-corrected chi connectivity index (χ2v) is 6.88. The summed E-state index contributed by atoms with van der Waals surface area (Å²) in [5, 5.41) is 14.8. The molecule has 2 fully saturated rings. The SMILES string of the molecule is Cc1cnccc1NC(=O)NC1CC(N(CC(=O)O)CC2CC2)C1. The summed E-state index contributed by atoms with van der Waals surface area (Å²) in [5.41, 5.74) is 1.66. The van der Waals surface area contributed by atoms with Gasteiger partial charge in [0.25, 0.3) is 0 Å². The highest BCUT2D eigenvalue weighted by molar-refractivity contribution is 5.90. The van der Waals surface area contributed by atoms with E-state index in [4.69, 9.17) is 5.11 Å². The van der Waals surface area contributed by atoms with Crippen LogP contribution in [0.5, 0.6) is 0 Å². The third-order valence-corrected chi connectivity index (χ3v) is 4.76. The van der Waals surface area contributed by atoms with Crippen LogP contribution in [-0.2, 0) is 4.79 Å². The van der Waals surface area contributed by atoms with Crippen LogP contribution in [0.15, 0.2) is 18.5 Å². The van der Waals surface area contributed by atoms with Crippen LogP contribution in [0.3, 0.4) is 0 Å². The van der Waals surface area contributed by atoms with Crippen molar-refractivity contribution in [2.75, 3.05) is 18.4 Å². The number of carbonyl (C=O) groups excluding carboxylic acids is 1. The molecule has 2 aliphatic rings. The lowest BCUT2D eigenvalue weighted by molar-refractivity contribution is -0.139. The lowest BCUT2D eigenvalue weighted by atomic mass is 9.85. The predicted octanol–water partition coefficient (Wildman–Crippen LogP) is 1.84. The van der Waals surface area contributed by atoms with Crippen LogP contribution in [0.4, 0.5) is 10.5 Å². The number of hydrogen-bond donors (Lipinski definition) is 3. The number of hydrogen-bond acceptors (Lipinski definition) is 4. The Kier molecular flexibility index (Phi) is 4.99. The van der Waals surface area contributed by atoms with Gasteiger partial charge in [-0.1, -0.05) is 0 Å². The van der Waals surface area contributed by atoms with Crippen molar-refractivity contribution in [2.24, 2.45) is 5.92 Å². The van der Waals surface area contributed by atoms with Crippen LogP contribution in [0.2, 0.25) is 0 Å². The molecular formula is C17H24N4O3. The smallest absolute Gasteiger partial charge is 0.319 e. The minimum atomic E-state index is -0.780. The van der Waals surface area contributed by atoms with Crippen molar-refractivity contribution in [3.8, 4) is 0 Å². The highest BCUT2D eigenvalue weighted by atomic mass is 16.4. The molecule has 24 heavy (non-hydrogen) atoms. The number of carbonyl (C=O) groups is 2. The van der Waals surface area contributed by atoms with Crippen molar-refractivity contribution in [1.29, 1.82) is 0 Å². The zero-order valence-corrected chi connectivity index (χ0v) is 13.9. The molecule has 7 nitrogen and oxygen atoms in total. The van der Waals surface area contributed by atoms with E-state index in [1.807, 2.05) is 6.92 Å². The van der Waals surface area contributed by atoms with Gasteiger partial charge in [-0.2, -0.15) is 0 Å². The van der Waals surface area contributed by atoms with E-state index in [1.54, 1.807) is 18.5 Å². The molecule has 0 saturated heterocycles. The normalized spacial score (nSPS) is 22.8. The van der Waals surface area contributed by atoms with Gasteiger partial charge in [0, 0.05) is 36.7 Å². The monoisotopic (exact) mass is 332 g/mol. The van der Waals surface area contributed by atoms with Gasteiger partial charge in [0.2, 0.25) is 0 Å². The molecule has 1 aromatic rings. The van der Waals surface area contributed by atoms with Crippen molar-refractivity contribution in [2.45, 2.75) is 44.7 Å². The fraction of sp³-hybridized carbons (Fsp3) is 0.588. The molecule has 2 amide bonds. The first-order valence-electron chi connectivity index (χ1n) is 8.45. The van der Waals surface area contributed by atoms with Crippen molar-refractivity contribution >= 4 is 17.7 Å². The average Bonchev–Trinajstić information content (AvgIpc) is 3.28. The number of carboxylic acid groups (broad SMARTS) is 1. The Labute approximate surface area is 141 Å². The molecule has 0 atom stereocenters. The maximum Gasteiger partial charge on any atom is 0.319 e. The van der Waals surface area contributed by atoms with Crippen molar-refractivity contribution in [3.63, 3.8) is 0 Å². The summed E-state index contributed by atoms with van der Waals surface area (Å²) in [6.45, 7) is 2.85. The maximum absolute atomic E-state index is 12.1. The molecule has 130 valence electrons. The molecule has 3 rings (SSSR count). The molecular weight excluding hydrogens is 308 g/mol. The summed E-state index contributed by atoms with van der Waals surface area (Å²) in [4.78, 5) is 29.1. The lowest BCUT2D eigenvalue weighted by Gasteiger charge is -2.42. The zero-order chi connectivity index (χ0) is 17.1. The van der Waals surface area contributed by atoms with Gasteiger partial charge < -0.3 is 15.7 Å². The summed E-state index contributed by atoms with van der Waals surface area (Å²) in [6, 6.07) is 1.91. The predicted molar refractivity (Wildman–Crippen MR) is 89.9 cm³/mol. The van der Waals surface area contributed by atoms with E-state index in [-0.39, 0.29) is 24.7 Å². The molecule has 1 aromatic heterocycles. The third kappa shape index (κ3) is 4.44.